The van der Waals surface area contributed by atoms with Gasteiger partial charge in [-0.15, -0.1) is 0 Å². The molecule has 4 aromatic carbocycles. The number of para-hydroxylation sites is 4. The lowest BCUT2D eigenvalue weighted by atomic mass is 9.95. The van der Waals surface area contributed by atoms with Crippen LogP contribution in [0.3, 0.4) is 0 Å². The molecule has 0 fully saturated rings. The molecular formula is C34H22N2O4. The van der Waals surface area contributed by atoms with E-state index in [1.54, 1.807) is 12.1 Å². The highest BCUT2D eigenvalue weighted by molar-refractivity contribution is 6.27. The fraction of sp³-hybridized carbons (Fsp3) is 0. The lowest BCUT2D eigenvalue weighted by molar-refractivity contribution is 0.0945. The Kier molecular flexibility index (Phi) is 5.64. The summed E-state index contributed by atoms with van der Waals surface area (Å²) in [6, 6.07) is 41.9. The SMILES string of the molecule is O=C1c2cc(N(c3ccccc3)c3ccccc3)oc2C(=O)c2cc(N(c3ccccc3)c3ccccc3)oc21. The van der Waals surface area contributed by atoms with Crippen molar-refractivity contribution < 1.29 is 18.4 Å². The standard InChI is InChI=1S/C34H22N2O4/c37-31-27-21-29(35(23-13-5-1-6-14-23)24-15-7-2-8-16-24)39-33(27)32(38)28-22-30(40-34(28)31)36(25-17-9-3-10-18-25)26-19-11-4-12-20-26/h1-22H. The number of nitrogens with zero attached hydrogens (tertiary/aromatic N) is 2. The molecule has 0 saturated carbocycles. The monoisotopic (exact) mass is 522 g/mol. The Bertz CT molecular complexity index is 1560. The molecule has 6 aromatic rings. The van der Waals surface area contributed by atoms with Crippen molar-refractivity contribution in [2.24, 2.45) is 0 Å². The summed E-state index contributed by atoms with van der Waals surface area (Å²) in [6.07, 6.45) is 0. The van der Waals surface area contributed by atoms with Crippen molar-refractivity contribution in [2.45, 2.75) is 0 Å². The number of fused-ring (bicyclic) bond motifs is 2. The smallest absolute Gasteiger partial charge is 0.233 e. The van der Waals surface area contributed by atoms with Crippen molar-refractivity contribution in [3.05, 3.63) is 156 Å². The van der Waals surface area contributed by atoms with Gasteiger partial charge in [0.2, 0.25) is 23.3 Å². The molecule has 0 unspecified atom stereocenters. The van der Waals surface area contributed by atoms with Crippen LogP contribution in [0.2, 0.25) is 0 Å². The van der Waals surface area contributed by atoms with Crippen LogP contribution in [-0.4, -0.2) is 11.6 Å². The van der Waals surface area contributed by atoms with E-state index < -0.39 is 11.6 Å². The van der Waals surface area contributed by atoms with Gasteiger partial charge in [-0.3, -0.25) is 19.4 Å². The molecule has 7 rings (SSSR count). The van der Waals surface area contributed by atoms with E-state index in [2.05, 4.69) is 0 Å². The number of anilines is 6. The highest BCUT2D eigenvalue weighted by atomic mass is 16.4. The summed E-state index contributed by atoms with van der Waals surface area (Å²) in [6.45, 7) is 0. The van der Waals surface area contributed by atoms with Gasteiger partial charge in [-0.25, -0.2) is 0 Å². The first-order chi connectivity index (χ1) is 19.7. The molecule has 192 valence electrons. The van der Waals surface area contributed by atoms with E-state index in [0.29, 0.717) is 11.8 Å². The van der Waals surface area contributed by atoms with Gasteiger partial charge in [0.05, 0.1) is 11.1 Å². The van der Waals surface area contributed by atoms with Crippen LogP contribution < -0.4 is 9.80 Å². The fourth-order valence-corrected chi connectivity index (χ4v) is 5.01. The number of rotatable bonds is 6. The first-order valence-electron chi connectivity index (χ1n) is 12.9. The maximum atomic E-state index is 13.7. The van der Waals surface area contributed by atoms with E-state index in [1.807, 2.05) is 131 Å². The highest BCUT2D eigenvalue weighted by Crippen LogP contribution is 2.43. The van der Waals surface area contributed by atoms with Crippen LogP contribution in [0, 0.1) is 0 Å². The second kappa shape index (κ2) is 9.60. The lowest BCUT2D eigenvalue weighted by Gasteiger charge is -2.22. The number of furan rings is 2. The molecule has 0 atom stereocenters. The van der Waals surface area contributed by atoms with Gasteiger partial charge in [0.15, 0.2) is 11.5 Å². The highest BCUT2D eigenvalue weighted by Gasteiger charge is 2.39. The first kappa shape index (κ1) is 23.5. The zero-order chi connectivity index (χ0) is 27.1. The van der Waals surface area contributed by atoms with E-state index in [9.17, 15) is 9.59 Å². The zero-order valence-corrected chi connectivity index (χ0v) is 21.2. The Morgan fingerprint density at radius 2 is 0.675 bits per heavy atom. The summed E-state index contributed by atoms with van der Waals surface area (Å²) < 4.78 is 12.3. The van der Waals surface area contributed by atoms with Gasteiger partial charge < -0.3 is 8.83 Å². The minimum absolute atomic E-state index is 0.00249. The minimum atomic E-state index is -0.395. The third-order valence-corrected chi connectivity index (χ3v) is 6.84. The summed E-state index contributed by atoms with van der Waals surface area (Å²) in [5, 5.41) is 0. The van der Waals surface area contributed by atoms with E-state index in [4.69, 9.17) is 8.83 Å². The molecule has 1 aliphatic rings. The second-order valence-electron chi connectivity index (χ2n) is 9.33. The van der Waals surface area contributed by atoms with Gasteiger partial charge in [0, 0.05) is 34.9 Å². The number of hydrogen-bond donors (Lipinski definition) is 0. The Morgan fingerprint density at radius 3 is 0.950 bits per heavy atom. The van der Waals surface area contributed by atoms with Crippen molar-refractivity contribution >= 4 is 46.1 Å². The predicted octanol–water partition coefficient (Wildman–Crippen LogP) is 8.59. The summed E-state index contributed by atoms with van der Waals surface area (Å²) in [5.41, 5.74) is 3.69. The van der Waals surface area contributed by atoms with Gasteiger partial charge in [0.1, 0.15) is 0 Å². The van der Waals surface area contributed by atoms with Crippen LogP contribution in [0.1, 0.15) is 32.2 Å². The average Bonchev–Trinajstić information content (AvgIpc) is 3.65. The second-order valence-corrected chi connectivity index (χ2v) is 9.33. The normalized spacial score (nSPS) is 12.1. The van der Waals surface area contributed by atoms with E-state index >= 15 is 0 Å². The molecule has 1 aliphatic carbocycles. The quantitative estimate of drug-likeness (QED) is 0.218. The molecule has 6 nitrogen and oxygen atoms in total. The maximum absolute atomic E-state index is 13.7. The van der Waals surface area contributed by atoms with E-state index in [-0.39, 0.29) is 22.6 Å². The predicted molar refractivity (Wildman–Crippen MR) is 154 cm³/mol. The molecule has 0 N–H and O–H groups in total. The topological polar surface area (TPSA) is 66.9 Å². The number of carbonyl (C=O) groups is 2. The molecular weight excluding hydrogens is 500 g/mol. The summed E-state index contributed by atoms with van der Waals surface area (Å²) in [4.78, 5) is 31.2. The Morgan fingerprint density at radius 1 is 0.400 bits per heavy atom. The molecule has 2 aromatic heterocycles. The number of ketones is 2. The van der Waals surface area contributed by atoms with Crippen LogP contribution in [0.15, 0.2) is 142 Å². The third kappa shape index (κ3) is 3.90. The van der Waals surface area contributed by atoms with Crippen molar-refractivity contribution in [3.63, 3.8) is 0 Å². The number of carbonyl (C=O) groups excluding carboxylic acids is 2. The Hall–Kier alpha value is -5.62. The lowest BCUT2D eigenvalue weighted by Crippen LogP contribution is -2.16. The van der Waals surface area contributed by atoms with Gasteiger partial charge in [-0.2, -0.15) is 0 Å². The van der Waals surface area contributed by atoms with Crippen LogP contribution in [0.5, 0.6) is 0 Å². The van der Waals surface area contributed by atoms with Crippen molar-refractivity contribution in [1.29, 1.82) is 0 Å². The minimum Gasteiger partial charge on any atom is -0.435 e. The molecule has 6 heteroatoms. The van der Waals surface area contributed by atoms with E-state index in [1.165, 1.54) is 0 Å². The van der Waals surface area contributed by atoms with Crippen LogP contribution in [0.25, 0.3) is 0 Å². The molecule has 0 saturated heterocycles. The van der Waals surface area contributed by atoms with Crippen molar-refractivity contribution in [1.82, 2.24) is 0 Å². The zero-order valence-electron chi connectivity index (χ0n) is 21.2. The fourth-order valence-electron chi connectivity index (χ4n) is 5.01. The Labute approximate surface area is 230 Å². The van der Waals surface area contributed by atoms with Gasteiger partial charge in [-0.05, 0) is 48.5 Å². The molecule has 2 heterocycles. The molecule has 0 bridgehead atoms. The van der Waals surface area contributed by atoms with Crippen molar-refractivity contribution in [2.75, 3.05) is 9.80 Å². The molecule has 40 heavy (non-hydrogen) atoms. The largest absolute Gasteiger partial charge is 0.435 e. The Balaban J connectivity index is 1.32. The summed E-state index contributed by atoms with van der Waals surface area (Å²) >= 11 is 0. The van der Waals surface area contributed by atoms with Crippen LogP contribution in [-0.2, 0) is 0 Å². The molecule has 0 aliphatic heterocycles. The van der Waals surface area contributed by atoms with Crippen molar-refractivity contribution in [3.8, 4) is 0 Å². The van der Waals surface area contributed by atoms with Gasteiger partial charge in [0.25, 0.3) is 0 Å². The van der Waals surface area contributed by atoms with Gasteiger partial charge >= 0.3 is 0 Å². The van der Waals surface area contributed by atoms with Crippen LogP contribution in [0.4, 0.5) is 34.5 Å². The van der Waals surface area contributed by atoms with Crippen LogP contribution >= 0.6 is 0 Å². The van der Waals surface area contributed by atoms with Gasteiger partial charge in [-0.1, -0.05) is 72.8 Å². The molecule has 0 spiro atoms. The molecule has 0 amide bonds. The number of benzene rings is 4. The number of hydrogen-bond acceptors (Lipinski definition) is 6. The molecule has 0 radical (unpaired) electrons. The maximum Gasteiger partial charge on any atom is 0.233 e. The van der Waals surface area contributed by atoms with E-state index in [0.717, 1.165) is 22.7 Å². The summed E-state index contributed by atoms with van der Waals surface area (Å²) in [7, 11) is 0. The third-order valence-electron chi connectivity index (χ3n) is 6.84. The first-order valence-corrected chi connectivity index (χ1v) is 12.9. The summed E-state index contributed by atoms with van der Waals surface area (Å²) in [5.74, 6) is -0.0549. The average molecular weight is 523 g/mol.